The number of hydrogen-bond donors (Lipinski definition) is 2. The van der Waals surface area contributed by atoms with Gasteiger partial charge in [0.15, 0.2) is 5.82 Å². The molecule has 2 aromatic rings. The van der Waals surface area contributed by atoms with Crippen molar-refractivity contribution in [2.24, 2.45) is 0 Å². The Bertz CT molecular complexity index is 947. The zero-order valence-corrected chi connectivity index (χ0v) is 20.2. The Balaban J connectivity index is 2.24. The number of ether oxygens (including phenoxy) is 2. The normalized spacial score (nSPS) is 13.1. The summed E-state index contributed by atoms with van der Waals surface area (Å²) in [6.45, 7) is 14.6. The molecule has 30 heavy (non-hydrogen) atoms. The molecule has 8 nitrogen and oxygen atoms in total. The monoisotopic (exact) mass is 456 g/mol. The van der Waals surface area contributed by atoms with Crippen LogP contribution in [-0.4, -0.2) is 39.4 Å². The van der Waals surface area contributed by atoms with E-state index in [0.29, 0.717) is 22.5 Å². The third-order valence-electron chi connectivity index (χ3n) is 3.71. The summed E-state index contributed by atoms with van der Waals surface area (Å²) in [7, 11) is 0. The van der Waals surface area contributed by atoms with E-state index >= 15 is 0 Å². The van der Waals surface area contributed by atoms with Crippen molar-refractivity contribution in [1.82, 2.24) is 15.3 Å². The molecule has 0 aromatic carbocycles. The molecule has 0 aliphatic rings. The second-order valence-corrected chi connectivity index (χ2v) is 10.5. The lowest BCUT2D eigenvalue weighted by molar-refractivity contribution is 0.0507. The van der Waals surface area contributed by atoms with E-state index in [9.17, 15) is 9.59 Å². The number of rotatable bonds is 4. The van der Waals surface area contributed by atoms with Gasteiger partial charge in [0, 0.05) is 17.3 Å². The van der Waals surface area contributed by atoms with E-state index in [-0.39, 0.29) is 11.3 Å². The van der Waals surface area contributed by atoms with Crippen LogP contribution in [-0.2, 0) is 15.9 Å². The van der Waals surface area contributed by atoms with Gasteiger partial charge in [-0.2, -0.15) is 4.98 Å². The lowest BCUT2D eigenvalue weighted by atomic mass is 10.1. The van der Waals surface area contributed by atoms with Crippen molar-refractivity contribution in [3.05, 3.63) is 15.7 Å². The van der Waals surface area contributed by atoms with Gasteiger partial charge in [-0.1, -0.05) is 0 Å². The molecule has 0 aliphatic heterocycles. The molecular formula is C20H29ClN4O4S. The predicted molar refractivity (Wildman–Crippen MR) is 120 cm³/mol. The van der Waals surface area contributed by atoms with Crippen molar-refractivity contribution in [2.75, 3.05) is 5.32 Å². The first kappa shape index (κ1) is 24.1. The van der Waals surface area contributed by atoms with Gasteiger partial charge < -0.3 is 14.8 Å². The molecule has 2 N–H and O–H groups in total. The van der Waals surface area contributed by atoms with Crippen LogP contribution >= 0.6 is 22.9 Å². The maximum Gasteiger partial charge on any atom is 0.413 e. The van der Waals surface area contributed by atoms with Crippen LogP contribution in [0, 0.1) is 6.92 Å². The maximum atomic E-state index is 12.2. The molecule has 0 unspecified atom stereocenters. The van der Waals surface area contributed by atoms with Crippen LogP contribution in [0.15, 0.2) is 0 Å². The minimum atomic E-state index is -0.640. The standard InChI is InChI=1S/C20H29ClN4O4S/c1-10(22-17(26)28-19(3,4)5)9-12-11(2)13-14(30-12)15(24-16(21)23-13)25-18(27)29-20(6,7)8/h10H,9H2,1-8H3,(H,22,26)(H,23,24,25,27)/t10-/m1/s1. The smallest absolute Gasteiger partial charge is 0.413 e. The molecule has 2 heterocycles. The van der Waals surface area contributed by atoms with E-state index in [1.54, 1.807) is 20.8 Å². The van der Waals surface area contributed by atoms with Crippen molar-refractivity contribution < 1.29 is 19.1 Å². The molecule has 1 atom stereocenters. The number of amides is 2. The summed E-state index contributed by atoms with van der Waals surface area (Å²) in [6.07, 6.45) is -0.523. The number of carbonyl (C=O) groups excluding carboxylic acids is 2. The number of hydrogen-bond acceptors (Lipinski definition) is 7. The van der Waals surface area contributed by atoms with Gasteiger partial charge in [-0.15, -0.1) is 11.3 Å². The number of carbonyl (C=O) groups is 2. The van der Waals surface area contributed by atoms with E-state index in [1.807, 2.05) is 34.6 Å². The molecule has 2 rings (SSSR count). The number of anilines is 1. The number of fused-ring (bicyclic) bond motifs is 1. The van der Waals surface area contributed by atoms with Crippen LogP contribution < -0.4 is 10.6 Å². The number of halogens is 1. The molecule has 0 saturated carbocycles. The fourth-order valence-electron chi connectivity index (χ4n) is 2.62. The van der Waals surface area contributed by atoms with Gasteiger partial charge in [0.2, 0.25) is 5.28 Å². The third kappa shape index (κ3) is 6.98. The minimum absolute atomic E-state index is 0.0286. The van der Waals surface area contributed by atoms with Crippen molar-refractivity contribution in [3.8, 4) is 0 Å². The Hall–Kier alpha value is -2.13. The highest BCUT2D eigenvalue weighted by Crippen LogP contribution is 2.35. The molecule has 10 heteroatoms. The van der Waals surface area contributed by atoms with Gasteiger partial charge >= 0.3 is 12.2 Å². The van der Waals surface area contributed by atoms with Crippen molar-refractivity contribution in [2.45, 2.75) is 79.1 Å². The summed E-state index contributed by atoms with van der Waals surface area (Å²) in [6, 6.07) is -0.169. The Kier molecular flexibility index (Phi) is 7.19. The summed E-state index contributed by atoms with van der Waals surface area (Å²) in [4.78, 5) is 33.7. The van der Waals surface area contributed by atoms with Gasteiger partial charge in [-0.05, 0) is 72.6 Å². The lowest BCUT2D eigenvalue weighted by Crippen LogP contribution is -2.38. The second kappa shape index (κ2) is 8.93. The van der Waals surface area contributed by atoms with Crippen LogP contribution in [0.4, 0.5) is 15.4 Å². The summed E-state index contributed by atoms with van der Waals surface area (Å²) in [5.74, 6) is 0.298. The van der Waals surface area contributed by atoms with E-state index < -0.39 is 23.4 Å². The van der Waals surface area contributed by atoms with Crippen LogP contribution in [0.1, 0.15) is 58.9 Å². The van der Waals surface area contributed by atoms with E-state index in [0.717, 1.165) is 10.4 Å². The Morgan fingerprint density at radius 3 is 2.20 bits per heavy atom. The highest BCUT2D eigenvalue weighted by Gasteiger charge is 2.22. The highest BCUT2D eigenvalue weighted by atomic mass is 35.5. The lowest BCUT2D eigenvalue weighted by Gasteiger charge is -2.21. The molecule has 2 aromatic heterocycles. The fourth-order valence-corrected chi connectivity index (χ4v) is 4.11. The van der Waals surface area contributed by atoms with Crippen LogP contribution in [0.5, 0.6) is 0 Å². The second-order valence-electron chi connectivity index (χ2n) is 9.05. The van der Waals surface area contributed by atoms with Crippen molar-refractivity contribution >= 4 is 51.2 Å². The van der Waals surface area contributed by atoms with Crippen LogP contribution in [0.25, 0.3) is 10.2 Å². The summed E-state index contributed by atoms with van der Waals surface area (Å²) < 4.78 is 11.3. The van der Waals surface area contributed by atoms with Gasteiger partial charge in [-0.25, -0.2) is 14.6 Å². The fraction of sp³-hybridized carbons (Fsp3) is 0.600. The summed E-state index contributed by atoms with van der Waals surface area (Å²) in [5, 5.41) is 5.52. The Morgan fingerprint density at radius 1 is 1.07 bits per heavy atom. The van der Waals surface area contributed by atoms with E-state index in [2.05, 4.69) is 20.6 Å². The van der Waals surface area contributed by atoms with Gasteiger partial charge in [-0.3, -0.25) is 5.32 Å². The first-order chi connectivity index (χ1) is 13.6. The average Bonchev–Trinajstić information content (AvgIpc) is 2.80. The molecule has 0 aliphatic carbocycles. The van der Waals surface area contributed by atoms with E-state index in [1.165, 1.54) is 11.3 Å². The molecular weight excluding hydrogens is 428 g/mol. The molecule has 0 fully saturated rings. The number of aryl methyl sites for hydroxylation is 1. The first-order valence-corrected chi connectivity index (χ1v) is 10.8. The quantitative estimate of drug-likeness (QED) is 0.592. The minimum Gasteiger partial charge on any atom is -0.444 e. The number of thiophene rings is 1. The number of aromatic nitrogens is 2. The van der Waals surface area contributed by atoms with Crippen LogP contribution in [0.2, 0.25) is 5.28 Å². The molecule has 166 valence electrons. The van der Waals surface area contributed by atoms with Gasteiger partial charge in [0.25, 0.3) is 0 Å². The molecule has 0 radical (unpaired) electrons. The van der Waals surface area contributed by atoms with Crippen molar-refractivity contribution in [1.29, 1.82) is 0 Å². The Morgan fingerprint density at radius 2 is 1.63 bits per heavy atom. The predicted octanol–water partition coefficient (Wildman–Crippen LogP) is 5.46. The zero-order valence-electron chi connectivity index (χ0n) is 18.6. The Labute approximate surface area is 185 Å². The van der Waals surface area contributed by atoms with Crippen LogP contribution in [0.3, 0.4) is 0 Å². The first-order valence-electron chi connectivity index (χ1n) is 9.59. The number of alkyl carbamates (subject to hydrolysis) is 1. The average molecular weight is 457 g/mol. The summed E-state index contributed by atoms with van der Waals surface area (Å²) >= 11 is 7.52. The third-order valence-corrected chi connectivity index (χ3v) is 5.19. The van der Waals surface area contributed by atoms with Gasteiger partial charge in [0.05, 0.1) is 10.2 Å². The van der Waals surface area contributed by atoms with Crippen molar-refractivity contribution in [3.63, 3.8) is 0 Å². The van der Waals surface area contributed by atoms with E-state index in [4.69, 9.17) is 21.1 Å². The SMILES string of the molecule is Cc1c(C[C@@H](C)NC(=O)OC(C)(C)C)sc2c(NC(=O)OC(C)(C)C)nc(Cl)nc12. The number of nitrogens with one attached hydrogen (secondary N) is 2. The zero-order chi connectivity index (χ0) is 22.9. The summed E-state index contributed by atoms with van der Waals surface area (Å²) in [5.41, 5.74) is 0.375. The number of nitrogens with zero attached hydrogens (tertiary/aromatic N) is 2. The molecule has 2 amide bonds. The molecule has 0 bridgehead atoms. The highest BCUT2D eigenvalue weighted by molar-refractivity contribution is 7.19. The maximum absolute atomic E-state index is 12.2. The van der Waals surface area contributed by atoms with Gasteiger partial charge in [0.1, 0.15) is 11.2 Å². The topological polar surface area (TPSA) is 102 Å². The molecule has 0 saturated heterocycles. The largest absolute Gasteiger partial charge is 0.444 e. The molecule has 0 spiro atoms.